The van der Waals surface area contributed by atoms with E-state index in [9.17, 15) is 9.90 Å². The summed E-state index contributed by atoms with van der Waals surface area (Å²) >= 11 is 1.89. The molecule has 1 aliphatic rings. The van der Waals surface area contributed by atoms with Gasteiger partial charge >= 0.3 is 5.97 Å². The summed E-state index contributed by atoms with van der Waals surface area (Å²) in [7, 11) is 0. The number of carbonyl (C=O) groups is 1. The van der Waals surface area contributed by atoms with E-state index in [0.29, 0.717) is 17.6 Å². The first-order valence-corrected chi connectivity index (χ1v) is 7.60. The van der Waals surface area contributed by atoms with Gasteiger partial charge in [-0.1, -0.05) is 13.8 Å². The van der Waals surface area contributed by atoms with E-state index in [2.05, 4.69) is 21.8 Å². The van der Waals surface area contributed by atoms with Gasteiger partial charge in [0.05, 0.1) is 11.9 Å². The number of aromatic carboxylic acids is 1. The smallest absolute Gasteiger partial charge is 0.356 e. The van der Waals surface area contributed by atoms with Crippen molar-refractivity contribution in [3.8, 4) is 0 Å². The topological polar surface area (TPSA) is 66.3 Å². The second-order valence-corrected chi connectivity index (χ2v) is 6.19. The Kier molecular flexibility index (Phi) is 4.29. The summed E-state index contributed by atoms with van der Waals surface area (Å²) in [5, 5.41) is 9.37. The molecule has 1 saturated heterocycles. The SMILES string of the molecule is CC(C)c1ncc(N2CCSCC2C)c(C(=O)O)n1. The molecule has 1 fully saturated rings. The molecule has 0 aliphatic carbocycles. The van der Waals surface area contributed by atoms with Gasteiger partial charge in [-0.25, -0.2) is 14.8 Å². The lowest BCUT2D eigenvalue weighted by Crippen LogP contribution is -2.41. The Morgan fingerprint density at radius 2 is 2.32 bits per heavy atom. The quantitative estimate of drug-likeness (QED) is 0.916. The second-order valence-electron chi connectivity index (χ2n) is 5.04. The molecule has 5 nitrogen and oxygen atoms in total. The highest BCUT2D eigenvalue weighted by Crippen LogP contribution is 2.26. The summed E-state index contributed by atoms with van der Waals surface area (Å²) in [5.74, 6) is 1.74. The third-order valence-corrected chi connectivity index (χ3v) is 4.37. The van der Waals surface area contributed by atoms with Gasteiger partial charge in [-0.05, 0) is 6.92 Å². The van der Waals surface area contributed by atoms with Crippen LogP contribution in [0.3, 0.4) is 0 Å². The molecular formula is C13H19N3O2S. The van der Waals surface area contributed by atoms with Crippen molar-refractivity contribution in [3.05, 3.63) is 17.7 Å². The molecular weight excluding hydrogens is 262 g/mol. The first kappa shape index (κ1) is 14.1. The third-order valence-electron chi connectivity index (χ3n) is 3.18. The van der Waals surface area contributed by atoms with Gasteiger partial charge in [0.15, 0.2) is 5.69 Å². The molecule has 1 atom stereocenters. The van der Waals surface area contributed by atoms with Crippen LogP contribution in [0.1, 0.15) is 43.0 Å². The predicted octanol–water partition coefficient (Wildman–Crippen LogP) is 2.24. The van der Waals surface area contributed by atoms with Gasteiger partial charge in [0.2, 0.25) is 0 Å². The Morgan fingerprint density at radius 1 is 1.58 bits per heavy atom. The lowest BCUT2D eigenvalue weighted by Gasteiger charge is -2.35. The molecule has 2 heterocycles. The van der Waals surface area contributed by atoms with Crippen LogP contribution < -0.4 is 4.90 Å². The second kappa shape index (κ2) is 5.77. The van der Waals surface area contributed by atoms with Gasteiger partial charge in [-0.2, -0.15) is 11.8 Å². The summed E-state index contributed by atoms with van der Waals surface area (Å²) in [6.45, 7) is 6.87. The van der Waals surface area contributed by atoms with Crippen molar-refractivity contribution in [3.63, 3.8) is 0 Å². The summed E-state index contributed by atoms with van der Waals surface area (Å²) in [6, 6.07) is 0.311. The van der Waals surface area contributed by atoms with Gasteiger partial charge in [0, 0.05) is 30.0 Å². The molecule has 0 spiro atoms. The molecule has 0 aromatic carbocycles. The van der Waals surface area contributed by atoms with Gasteiger partial charge in [-0.15, -0.1) is 0 Å². The summed E-state index contributed by atoms with van der Waals surface area (Å²) in [6.07, 6.45) is 1.66. The van der Waals surface area contributed by atoms with Gasteiger partial charge in [0.25, 0.3) is 0 Å². The van der Waals surface area contributed by atoms with Crippen LogP contribution >= 0.6 is 11.8 Å². The highest BCUT2D eigenvalue weighted by atomic mass is 32.2. The van der Waals surface area contributed by atoms with Crippen LogP contribution in [0.15, 0.2) is 6.20 Å². The van der Waals surface area contributed by atoms with E-state index in [4.69, 9.17) is 0 Å². The number of aromatic nitrogens is 2. The average molecular weight is 281 g/mol. The van der Waals surface area contributed by atoms with E-state index in [1.165, 1.54) is 0 Å². The summed E-state index contributed by atoms with van der Waals surface area (Å²) in [4.78, 5) is 22.1. The molecule has 1 aromatic rings. The molecule has 19 heavy (non-hydrogen) atoms. The van der Waals surface area contributed by atoms with Crippen molar-refractivity contribution >= 4 is 23.4 Å². The van der Waals surface area contributed by atoms with Crippen LogP contribution in [0.5, 0.6) is 0 Å². The predicted molar refractivity (Wildman–Crippen MR) is 77.2 cm³/mol. The maximum atomic E-state index is 11.4. The van der Waals surface area contributed by atoms with Crippen LogP contribution in [-0.2, 0) is 0 Å². The van der Waals surface area contributed by atoms with Gasteiger partial charge < -0.3 is 10.0 Å². The number of rotatable bonds is 3. The molecule has 0 saturated carbocycles. The Bertz CT molecular complexity index is 479. The lowest BCUT2D eigenvalue weighted by molar-refractivity contribution is 0.0690. The van der Waals surface area contributed by atoms with Crippen molar-refractivity contribution in [1.82, 2.24) is 9.97 Å². The van der Waals surface area contributed by atoms with Crippen LogP contribution in [0.25, 0.3) is 0 Å². The number of thioether (sulfide) groups is 1. The van der Waals surface area contributed by atoms with Crippen LogP contribution in [-0.4, -0.2) is 45.1 Å². The zero-order valence-electron chi connectivity index (χ0n) is 11.5. The largest absolute Gasteiger partial charge is 0.476 e. The Morgan fingerprint density at radius 3 is 2.89 bits per heavy atom. The normalized spacial score (nSPS) is 19.8. The van der Waals surface area contributed by atoms with E-state index < -0.39 is 5.97 Å². The highest BCUT2D eigenvalue weighted by molar-refractivity contribution is 7.99. The first-order chi connectivity index (χ1) is 9.00. The molecule has 0 bridgehead atoms. The van der Waals surface area contributed by atoms with E-state index in [-0.39, 0.29) is 11.6 Å². The first-order valence-electron chi connectivity index (χ1n) is 6.45. The zero-order chi connectivity index (χ0) is 14.0. The van der Waals surface area contributed by atoms with E-state index in [1.807, 2.05) is 25.6 Å². The van der Waals surface area contributed by atoms with Crippen molar-refractivity contribution in [1.29, 1.82) is 0 Å². The van der Waals surface area contributed by atoms with Gasteiger partial charge in [-0.3, -0.25) is 0 Å². The molecule has 104 valence electrons. The number of anilines is 1. The van der Waals surface area contributed by atoms with Crippen LogP contribution in [0, 0.1) is 0 Å². The fourth-order valence-electron chi connectivity index (χ4n) is 2.12. The van der Waals surface area contributed by atoms with Crippen molar-refractivity contribution in [2.45, 2.75) is 32.7 Å². The van der Waals surface area contributed by atoms with Gasteiger partial charge in [0.1, 0.15) is 5.82 Å². The third kappa shape index (κ3) is 3.00. The fraction of sp³-hybridized carbons (Fsp3) is 0.615. The number of hydrogen-bond donors (Lipinski definition) is 1. The summed E-state index contributed by atoms with van der Waals surface area (Å²) in [5.41, 5.74) is 0.766. The van der Waals surface area contributed by atoms with E-state index >= 15 is 0 Å². The molecule has 6 heteroatoms. The Labute approximate surface area is 117 Å². The monoisotopic (exact) mass is 281 g/mol. The molecule has 1 N–H and O–H groups in total. The number of nitrogens with zero attached hydrogens (tertiary/aromatic N) is 3. The van der Waals surface area contributed by atoms with Crippen molar-refractivity contribution < 1.29 is 9.90 Å². The van der Waals surface area contributed by atoms with Crippen LogP contribution in [0.4, 0.5) is 5.69 Å². The molecule has 1 aliphatic heterocycles. The maximum Gasteiger partial charge on any atom is 0.356 e. The number of hydrogen-bond acceptors (Lipinski definition) is 5. The minimum atomic E-state index is -0.982. The average Bonchev–Trinajstić information content (AvgIpc) is 2.38. The number of carboxylic acids is 1. The standard InChI is InChI=1S/C13H19N3O2S/c1-8(2)12-14-6-10(11(15-12)13(17)18)16-4-5-19-7-9(16)3/h6,8-9H,4-5,7H2,1-3H3,(H,17,18). The van der Waals surface area contributed by atoms with E-state index in [1.54, 1.807) is 6.20 Å². The molecule has 1 aromatic heterocycles. The van der Waals surface area contributed by atoms with Crippen molar-refractivity contribution in [2.75, 3.05) is 23.0 Å². The summed E-state index contributed by atoms with van der Waals surface area (Å²) < 4.78 is 0. The molecule has 0 radical (unpaired) electrons. The van der Waals surface area contributed by atoms with Crippen molar-refractivity contribution in [2.24, 2.45) is 0 Å². The van der Waals surface area contributed by atoms with E-state index in [0.717, 1.165) is 18.1 Å². The molecule has 0 amide bonds. The fourth-order valence-corrected chi connectivity index (χ4v) is 3.13. The Hall–Kier alpha value is -1.30. The van der Waals surface area contributed by atoms with Crippen LogP contribution in [0.2, 0.25) is 0 Å². The highest BCUT2D eigenvalue weighted by Gasteiger charge is 2.25. The zero-order valence-corrected chi connectivity index (χ0v) is 12.3. The maximum absolute atomic E-state index is 11.4. The lowest BCUT2D eigenvalue weighted by atomic mass is 10.2. The number of carboxylic acid groups (broad SMARTS) is 1. The minimum Gasteiger partial charge on any atom is -0.476 e. The minimum absolute atomic E-state index is 0.123. The molecule has 2 rings (SSSR count). The molecule has 1 unspecified atom stereocenters. The Balaban J connectivity index is 2.41.